The average molecular weight is 472 g/mol. The Balaban J connectivity index is 1.50. The summed E-state index contributed by atoms with van der Waals surface area (Å²) in [6, 6.07) is 12.6. The predicted octanol–water partition coefficient (Wildman–Crippen LogP) is 3.58. The van der Waals surface area contributed by atoms with Crippen LogP contribution in [0.5, 0.6) is 5.75 Å². The summed E-state index contributed by atoms with van der Waals surface area (Å²) >= 11 is 3.41. The van der Waals surface area contributed by atoms with Crippen molar-refractivity contribution in [3.63, 3.8) is 0 Å². The molecule has 7 nitrogen and oxygen atoms in total. The first-order valence-corrected chi connectivity index (χ1v) is 10.6. The number of hydrogen-bond acceptors (Lipinski definition) is 4. The second-order valence-corrected chi connectivity index (χ2v) is 8.25. The first kappa shape index (κ1) is 20.4. The molecule has 0 radical (unpaired) electrons. The highest BCUT2D eigenvalue weighted by Crippen LogP contribution is 2.34. The highest BCUT2D eigenvalue weighted by atomic mass is 79.9. The molecule has 8 heteroatoms. The van der Waals surface area contributed by atoms with Crippen LogP contribution in [-0.4, -0.2) is 37.9 Å². The van der Waals surface area contributed by atoms with Crippen LogP contribution in [0.25, 0.3) is 0 Å². The van der Waals surface area contributed by atoms with Gasteiger partial charge < -0.3 is 19.9 Å². The van der Waals surface area contributed by atoms with Gasteiger partial charge in [0.05, 0.1) is 12.8 Å². The molecule has 0 saturated carbocycles. The summed E-state index contributed by atoms with van der Waals surface area (Å²) < 4.78 is 6.26. The molecule has 3 amide bonds. The molecule has 2 fully saturated rings. The Labute approximate surface area is 183 Å². The molecule has 156 valence electrons. The molecule has 2 saturated heterocycles. The molecule has 2 aliphatic heterocycles. The maximum absolute atomic E-state index is 12.8. The van der Waals surface area contributed by atoms with Gasteiger partial charge in [-0.2, -0.15) is 0 Å². The lowest BCUT2D eigenvalue weighted by Crippen LogP contribution is -2.33. The number of benzene rings is 2. The van der Waals surface area contributed by atoms with Crippen LogP contribution in [0.1, 0.15) is 19.3 Å². The van der Waals surface area contributed by atoms with Gasteiger partial charge in [0.25, 0.3) is 0 Å². The second kappa shape index (κ2) is 8.47. The van der Waals surface area contributed by atoms with Crippen LogP contribution in [-0.2, 0) is 14.4 Å². The van der Waals surface area contributed by atoms with Crippen molar-refractivity contribution >= 4 is 50.7 Å². The van der Waals surface area contributed by atoms with Gasteiger partial charge >= 0.3 is 0 Å². The van der Waals surface area contributed by atoms with Crippen LogP contribution in [0.4, 0.5) is 17.1 Å². The minimum Gasteiger partial charge on any atom is -0.495 e. The van der Waals surface area contributed by atoms with Crippen molar-refractivity contribution in [1.29, 1.82) is 0 Å². The number of ether oxygens (including phenoxy) is 1. The van der Waals surface area contributed by atoms with E-state index in [0.29, 0.717) is 43.1 Å². The average Bonchev–Trinajstić information content (AvgIpc) is 3.33. The minimum atomic E-state index is -0.747. The molecular weight excluding hydrogens is 450 g/mol. The lowest BCUT2D eigenvalue weighted by atomic mass is 10.1. The van der Waals surface area contributed by atoms with Crippen molar-refractivity contribution in [3.05, 3.63) is 46.9 Å². The van der Waals surface area contributed by atoms with Gasteiger partial charge in [0.15, 0.2) is 0 Å². The molecule has 0 spiro atoms. The predicted molar refractivity (Wildman–Crippen MR) is 118 cm³/mol. The fraction of sp³-hybridized carbons (Fsp3) is 0.318. The van der Waals surface area contributed by atoms with Crippen LogP contribution >= 0.6 is 15.9 Å². The van der Waals surface area contributed by atoms with Crippen LogP contribution in [0.15, 0.2) is 46.9 Å². The van der Waals surface area contributed by atoms with Crippen LogP contribution in [0, 0.1) is 5.92 Å². The van der Waals surface area contributed by atoms with E-state index in [1.54, 1.807) is 35.1 Å². The normalized spacial score (nSPS) is 18.8. The van der Waals surface area contributed by atoms with Crippen molar-refractivity contribution < 1.29 is 19.1 Å². The Bertz CT molecular complexity index is 1010. The van der Waals surface area contributed by atoms with Gasteiger partial charge in [-0.15, -0.1) is 0 Å². The van der Waals surface area contributed by atoms with E-state index in [-0.39, 0.29) is 17.7 Å². The van der Waals surface area contributed by atoms with Gasteiger partial charge in [0, 0.05) is 35.4 Å². The number of hydrogen-bond donors (Lipinski definition) is 1. The van der Waals surface area contributed by atoms with E-state index >= 15 is 0 Å². The van der Waals surface area contributed by atoms with Crippen molar-refractivity contribution in [2.45, 2.75) is 19.3 Å². The van der Waals surface area contributed by atoms with Crippen LogP contribution in [0.3, 0.4) is 0 Å². The highest BCUT2D eigenvalue weighted by molar-refractivity contribution is 9.10. The van der Waals surface area contributed by atoms with E-state index < -0.39 is 5.92 Å². The van der Waals surface area contributed by atoms with Gasteiger partial charge in [0.2, 0.25) is 17.7 Å². The van der Waals surface area contributed by atoms with Crippen molar-refractivity contribution in [2.75, 3.05) is 35.3 Å². The molecule has 2 aliphatic rings. The van der Waals surface area contributed by atoms with Gasteiger partial charge in [-0.25, -0.2) is 0 Å². The molecule has 1 atom stereocenters. The van der Waals surface area contributed by atoms with Crippen molar-refractivity contribution in [2.24, 2.45) is 5.92 Å². The Morgan fingerprint density at radius 3 is 2.67 bits per heavy atom. The van der Waals surface area contributed by atoms with E-state index in [4.69, 9.17) is 4.74 Å². The zero-order valence-corrected chi connectivity index (χ0v) is 18.1. The molecule has 2 aromatic rings. The number of anilines is 3. The van der Waals surface area contributed by atoms with Gasteiger partial charge in [0.1, 0.15) is 11.7 Å². The smallest absolute Gasteiger partial charge is 0.239 e. The topological polar surface area (TPSA) is 79.0 Å². The van der Waals surface area contributed by atoms with E-state index in [1.165, 1.54) is 0 Å². The van der Waals surface area contributed by atoms with Gasteiger partial charge in [-0.05, 0) is 49.2 Å². The largest absolute Gasteiger partial charge is 0.495 e. The van der Waals surface area contributed by atoms with E-state index in [1.807, 2.05) is 24.3 Å². The summed E-state index contributed by atoms with van der Waals surface area (Å²) in [4.78, 5) is 41.1. The monoisotopic (exact) mass is 471 g/mol. The molecule has 2 aromatic carbocycles. The van der Waals surface area contributed by atoms with E-state index in [2.05, 4.69) is 21.2 Å². The molecule has 0 bridgehead atoms. The lowest BCUT2D eigenvalue weighted by molar-refractivity contribution is -0.129. The third kappa shape index (κ3) is 3.92. The zero-order valence-electron chi connectivity index (χ0n) is 16.6. The molecule has 0 aliphatic carbocycles. The summed E-state index contributed by atoms with van der Waals surface area (Å²) in [6.45, 7) is 1.11. The number of nitrogens with one attached hydrogen (secondary N) is 1. The molecule has 4 rings (SSSR count). The van der Waals surface area contributed by atoms with Crippen LogP contribution < -0.4 is 19.9 Å². The summed E-state index contributed by atoms with van der Waals surface area (Å²) in [5.41, 5.74) is 1.93. The van der Waals surface area contributed by atoms with E-state index in [0.717, 1.165) is 16.6 Å². The molecule has 30 heavy (non-hydrogen) atoms. The molecule has 2 heterocycles. The fourth-order valence-corrected chi connectivity index (χ4v) is 4.32. The molecular formula is C22H22BrN3O4. The lowest BCUT2D eigenvalue weighted by Gasteiger charge is -2.20. The zero-order chi connectivity index (χ0) is 21.3. The van der Waals surface area contributed by atoms with Gasteiger partial charge in [-0.3, -0.25) is 14.4 Å². The summed E-state index contributed by atoms with van der Waals surface area (Å²) in [5, 5.41) is 2.84. The number of halogens is 1. The van der Waals surface area contributed by atoms with Crippen molar-refractivity contribution in [3.8, 4) is 5.75 Å². The quantitative estimate of drug-likeness (QED) is 0.675. The summed E-state index contributed by atoms with van der Waals surface area (Å²) in [6.07, 6.45) is 1.74. The standard InChI is InChI=1S/C22H22BrN3O4/c1-30-19-8-7-15(13-18(19)26-10-3-6-20(26)27)24-21(28)17-9-11-25(22(17)29)16-5-2-4-14(23)12-16/h2,4-5,7-8,12-13,17H,3,6,9-11H2,1H3,(H,24,28). The van der Waals surface area contributed by atoms with Crippen LogP contribution in [0.2, 0.25) is 0 Å². The SMILES string of the molecule is COc1ccc(NC(=O)C2CCN(c3cccc(Br)c3)C2=O)cc1N1CCCC1=O. The van der Waals surface area contributed by atoms with E-state index in [9.17, 15) is 14.4 Å². The maximum Gasteiger partial charge on any atom is 0.239 e. The maximum atomic E-state index is 12.8. The summed E-state index contributed by atoms with van der Waals surface area (Å²) in [5.74, 6) is -0.702. The number of amides is 3. The first-order chi connectivity index (χ1) is 14.5. The number of carbonyl (C=O) groups excluding carboxylic acids is 3. The first-order valence-electron chi connectivity index (χ1n) is 9.84. The third-order valence-corrected chi connectivity index (χ3v) is 5.95. The molecule has 1 unspecified atom stereocenters. The third-order valence-electron chi connectivity index (χ3n) is 5.45. The Kier molecular flexibility index (Phi) is 5.76. The van der Waals surface area contributed by atoms with Crippen molar-refractivity contribution in [1.82, 2.24) is 0 Å². The Morgan fingerprint density at radius 2 is 1.97 bits per heavy atom. The number of nitrogens with zero attached hydrogens (tertiary/aromatic N) is 2. The Hall–Kier alpha value is -2.87. The number of rotatable bonds is 5. The Morgan fingerprint density at radius 1 is 1.13 bits per heavy atom. The number of carbonyl (C=O) groups is 3. The molecule has 0 aromatic heterocycles. The fourth-order valence-electron chi connectivity index (χ4n) is 3.93. The van der Waals surface area contributed by atoms with Gasteiger partial charge in [-0.1, -0.05) is 22.0 Å². The minimum absolute atomic E-state index is 0.0346. The summed E-state index contributed by atoms with van der Waals surface area (Å²) in [7, 11) is 1.55. The molecule has 1 N–H and O–H groups in total. The second-order valence-electron chi connectivity index (χ2n) is 7.34. The highest BCUT2D eigenvalue weighted by Gasteiger charge is 2.37. The number of methoxy groups -OCH3 is 1.